The number of rotatable bonds is 14. The van der Waals surface area contributed by atoms with Crippen LogP contribution in [-0.2, 0) is 15.4 Å². The molecule has 3 rings (SSSR count). The summed E-state index contributed by atoms with van der Waals surface area (Å²) in [5.74, 6) is 0.801. The van der Waals surface area contributed by atoms with E-state index < -0.39 is 10.0 Å². The Balaban J connectivity index is 1.51. The highest BCUT2D eigenvalue weighted by Gasteiger charge is 2.20. The number of anilines is 1. The van der Waals surface area contributed by atoms with Crippen LogP contribution in [0.2, 0.25) is 0 Å². The van der Waals surface area contributed by atoms with Crippen molar-refractivity contribution in [3.8, 4) is 11.4 Å². The molecule has 2 heterocycles. The maximum absolute atomic E-state index is 12.6. The van der Waals surface area contributed by atoms with Gasteiger partial charge >= 0.3 is 0 Å². The van der Waals surface area contributed by atoms with Crippen molar-refractivity contribution in [2.45, 2.75) is 97.3 Å². The number of H-pyrrole nitrogens is 1. The Morgan fingerprint density at radius 1 is 0.941 bits per heavy atom. The Hall–Kier alpha value is -2.35. The van der Waals surface area contributed by atoms with Gasteiger partial charge < -0.3 is 0 Å². The summed E-state index contributed by atoms with van der Waals surface area (Å²) < 4.78 is 29.7. The monoisotopic (exact) mass is 487 g/mol. The first-order chi connectivity index (χ1) is 16.2. The van der Waals surface area contributed by atoms with Gasteiger partial charge in [0.2, 0.25) is 10.0 Å². The van der Waals surface area contributed by atoms with Crippen LogP contribution in [0.3, 0.4) is 0 Å². The minimum absolute atomic E-state index is 0.0732. The van der Waals surface area contributed by atoms with E-state index in [0.717, 1.165) is 29.7 Å². The fraction of sp³-hybridized carbons (Fsp3) is 0.615. The third-order valence-electron chi connectivity index (χ3n) is 6.12. The van der Waals surface area contributed by atoms with Crippen LogP contribution in [0.1, 0.15) is 97.6 Å². The van der Waals surface area contributed by atoms with E-state index in [2.05, 4.69) is 42.6 Å². The van der Waals surface area contributed by atoms with Crippen LogP contribution >= 0.6 is 0 Å². The Morgan fingerprint density at radius 3 is 2.24 bits per heavy atom. The number of aromatic amines is 1. The molecule has 0 unspecified atom stereocenters. The van der Waals surface area contributed by atoms with E-state index in [1.807, 2.05) is 24.3 Å². The molecule has 188 valence electrons. The van der Waals surface area contributed by atoms with E-state index in [-0.39, 0.29) is 11.2 Å². The van der Waals surface area contributed by atoms with E-state index in [1.165, 1.54) is 44.9 Å². The summed E-state index contributed by atoms with van der Waals surface area (Å²) in [6.45, 7) is 8.59. The van der Waals surface area contributed by atoms with Crippen molar-refractivity contribution < 1.29 is 8.42 Å². The summed E-state index contributed by atoms with van der Waals surface area (Å²) in [6.07, 6.45) is 11.8. The van der Waals surface area contributed by atoms with Gasteiger partial charge in [0.1, 0.15) is 0 Å². The number of hydrogen-bond donors (Lipinski definition) is 2. The molecular weight excluding hydrogens is 446 g/mol. The second-order valence-corrected chi connectivity index (χ2v) is 12.1. The predicted molar refractivity (Wildman–Crippen MR) is 141 cm³/mol. The van der Waals surface area contributed by atoms with E-state index in [0.29, 0.717) is 17.9 Å². The first kappa shape index (κ1) is 26.3. The quantitative estimate of drug-likeness (QED) is 0.248. The van der Waals surface area contributed by atoms with Crippen LogP contribution in [-0.4, -0.2) is 34.0 Å². The average Bonchev–Trinajstić information content (AvgIpc) is 3.36. The number of fused-ring (bicyclic) bond motifs is 1. The number of nitrogens with zero attached hydrogens (tertiary/aromatic N) is 3. The molecule has 8 heteroatoms. The van der Waals surface area contributed by atoms with Gasteiger partial charge in [-0.1, -0.05) is 97.6 Å². The first-order valence-corrected chi connectivity index (χ1v) is 14.4. The lowest BCUT2D eigenvalue weighted by Crippen LogP contribution is -2.16. The molecular formula is C26H41N5O2S. The van der Waals surface area contributed by atoms with Gasteiger partial charge in [0, 0.05) is 22.7 Å². The van der Waals surface area contributed by atoms with Crippen molar-refractivity contribution in [3.05, 3.63) is 36.0 Å². The third-order valence-corrected chi connectivity index (χ3v) is 7.49. The second kappa shape index (κ2) is 11.9. The van der Waals surface area contributed by atoms with E-state index >= 15 is 0 Å². The molecule has 0 spiro atoms. The third kappa shape index (κ3) is 7.58. The van der Waals surface area contributed by atoms with Gasteiger partial charge in [-0.3, -0.25) is 9.82 Å². The van der Waals surface area contributed by atoms with Crippen LogP contribution in [0.5, 0.6) is 0 Å². The average molecular weight is 488 g/mol. The molecule has 0 saturated heterocycles. The van der Waals surface area contributed by atoms with Crippen molar-refractivity contribution >= 4 is 21.4 Å². The van der Waals surface area contributed by atoms with Gasteiger partial charge in [0.15, 0.2) is 11.5 Å². The molecule has 0 amide bonds. The number of aromatic nitrogens is 4. The minimum atomic E-state index is -3.39. The molecule has 1 aromatic carbocycles. The zero-order valence-electron chi connectivity index (χ0n) is 21.2. The number of sulfonamides is 1. The van der Waals surface area contributed by atoms with Crippen LogP contribution in [0, 0.1) is 0 Å². The normalized spacial score (nSPS) is 12.5. The highest BCUT2D eigenvalue weighted by atomic mass is 32.2. The zero-order valence-corrected chi connectivity index (χ0v) is 22.0. The highest BCUT2D eigenvalue weighted by molar-refractivity contribution is 7.92. The van der Waals surface area contributed by atoms with Gasteiger partial charge in [-0.15, -0.1) is 0 Å². The molecule has 34 heavy (non-hydrogen) atoms. The number of hydrogen-bond acceptors (Lipinski definition) is 4. The van der Waals surface area contributed by atoms with Crippen LogP contribution in [0.25, 0.3) is 17.0 Å². The number of benzene rings is 1. The van der Waals surface area contributed by atoms with Crippen LogP contribution in [0.4, 0.5) is 5.69 Å². The zero-order chi connectivity index (χ0) is 24.6. The highest BCUT2D eigenvalue weighted by Crippen LogP contribution is 2.26. The lowest BCUT2D eigenvalue weighted by atomic mass is 9.93. The number of unbranched alkanes of at least 4 members (excludes halogenated alkanes) is 9. The van der Waals surface area contributed by atoms with Gasteiger partial charge in [-0.25, -0.2) is 8.42 Å². The summed E-state index contributed by atoms with van der Waals surface area (Å²) in [4.78, 5) is 0. The fourth-order valence-corrected chi connectivity index (χ4v) is 5.24. The molecule has 0 aliphatic carbocycles. The molecule has 0 fully saturated rings. The van der Waals surface area contributed by atoms with Crippen LogP contribution in [0.15, 0.2) is 30.3 Å². The van der Waals surface area contributed by atoms with Crippen molar-refractivity contribution in [2.75, 3.05) is 10.5 Å². The maximum atomic E-state index is 12.6. The molecule has 0 aliphatic rings. The molecule has 7 nitrogen and oxygen atoms in total. The molecule has 0 aliphatic heterocycles. The summed E-state index contributed by atoms with van der Waals surface area (Å²) in [6, 6.07) is 9.32. The molecule has 0 saturated carbocycles. The largest absolute Gasteiger partial charge is 0.284 e. The Kier molecular flexibility index (Phi) is 9.17. The van der Waals surface area contributed by atoms with Gasteiger partial charge in [-0.05, 0) is 18.6 Å². The maximum Gasteiger partial charge on any atom is 0.232 e. The Morgan fingerprint density at radius 2 is 1.59 bits per heavy atom. The Labute approximate surface area is 204 Å². The molecule has 0 atom stereocenters. The van der Waals surface area contributed by atoms with Gasteiger partial charge in [0.05, 0.1) is 11.4 Å². The minimum Gasteiger partial charge on any atom is -0.284 e. The van der Waals surface area contributed by atoms with E-state index in [1.54, 1.807) is 10.6 Å². The van der Waals surface area contributed by atoms with Gasteiger partial charge in [0.25, 0.3) is 0 Å². The van der Waals surface area contributed by atoms with Crippen LogP contribution < -0.4 is 4.72 Å². The number of nitrogens with one attached hydrogen (secondary N) is 2. The molecule has 2 aromatic heterocycles. The van der Waals surface area contributed by atoms with E-state index in [9.17, 15) is 8.42 Å². The van der Waals surface area contributed by atoms with E-state index in [4.69, 9.17) is 5.10 Å². The predicted octanol–water partition coefficient (Wildman–Crippen LogP) is 6.68. The van der Waals surface area contributed by atoms with Gasteiger partial charge in [-0.2, -0.15) is 14.7 Å². The first-order valence-electron chi connectivity index (χ1n) is 12.7. The standard InChI is InChI=1S/C26H41N5O2S/c1-5-6-7-8-9-10-11-12-13-14-18-34(32,33)30-22-17-15-16-21(19-22)25-28-27-24-20-23(26(2,3)4)29-31(24)25/h15-17,19-20,27,30H,5-14,18H2,1-4H3. The summed E-state index contributed by atoms with van der Waals surface area (Å²) in [5.41, 5.74) is 3.05. The summed E-state index contributed by atoms with van der Waals surface area (Å²) in [7, 11) is -3.39. The van der Waals surface area contributed by atoms with Crippen molar-refractivity contribution in [3.63, 3.8) is 0 Å². The van der Waals surface area contributed by atoms with Crippen molar-refractivity contribution in [1.82, 2.24) is 19.8 Å². The molecule has 0 radical (unpaired) electrons. The lowest BCUT2D eigenvalue weighted by molar-refractivity contribution is 0.558. The lowest BCUT2D eigenvalue weighted by Gasteiger charge is -2.13. The summed E-state index contributed by atoms with van der Waals surface area (Å²) >= 11 is 0. The van der Waals surface area contributed by atoms with Crippen molar-refractivity contribution in [1.29, 1.82) is 0 Å². The molecule has 3 aromatic rings. The van der Waals surface area contributed by atoms with Crippen molar-refractivity contribution in [2.24, 2.45) is 0 Å². The molecule has 0 bridgehead atoms. The smallest absolute Gasteiger partial charge is 0.232 e. The summed E-state index contributed by atoms with van der Waals surface area (Å²) in [5, 5.41) is 12.1. The molecule has 2 N–H and O–H groups in total. The second-order valence-electron chi connectivity index (χ2n) is 10.3. The topological polar surface area (TPSA) is 92.1 Å². The Bertz CT molecular complexity index is 1140. The fourth-order valence-electron chi connectivity index (χ4n) is 4.07. The SMILES string of the molecule is CCCCCCCCCCCCS(=O)(=O)Nc1cccc(-c2n[nH]c3cc(C(C)(C)C)nn23)c1.